The van der Waals surface area contributed by atoms with Crippen molar-refractivity contribution in [1.82, 2.24) is 36.1 Å². The lowest BCUT2D eigenvalue weighted by molar-refractivity contribution is -0.142. The highest BCUT2D eigenvalue weighted by Crippen LogP contribution is 2.33. The highest BCUT2D eigenvalue weighted by Gasteiger charge is 2.39. The van der Waals surface area contributed by atoms with Crippen LogP contribution in [0.25, 0.3) is 10.9 Å². The highest BCUT2D eigenvalue weighted by atomic mass is 16.5. The molecule has 1 saturated carbocycles. The number of carboxylic acid groups (broad SMARTS) is 1. The number of ether oxygens (including phenoxy) is 1. The molecule has 4 amide bonds. The molecule has 2 aliphatic heterocycles. The number of rotatable bonds is 11. The lowest BCUT2D eigenvalue weighted by atomic mass is 9.91. The zero-order valence-electron chi connectivity index (χ0n) is 31.6. The van der Waals surface area contributed by atoms with Gasteiger partial charge in [-0.25, -0.2) is 4.79 Å². The number of carboxylic acids is 1. The van der Waals surface area contributed by atoms with Gasteiger partial charge < -0.3 is 45.9 Å². The molecule has 3 fully saturated rings. The van der Waals surface area contributed by atoms with Crippen LogP contribution < -0.4 is 26.6 Å². The van der Waals surface area contributed by atoms with Crippen LogP contribution in [0.2, 0.25) is 0 Å². The molecular weight excluding hydrogens is 650 g/mol. The van der Waals surface area contributed by atoms with E-state index < -0.39 is 17.3 Å². The number of carbonyl (C=O) groups is 4. The number of aromatic nitrogens is 1. The minimum Gasteiger partial charge on any atom is -0.481 e. The van der Waals surface area contributed by atoms with Crippen LogP contribution in [-0.2, 0) is 32.2 Å². The summed E-state index contributed by atoms with van der Waals surface area (Å²) in [6.07, 6.45) is 6.48. The van der Waals surface area contributed by atoms with Crippen LogP contribution in [0.15, 0.2) is 30.5 Å². The summed E-state index contributed by atoms with van der Waals surface area (Å²) in [5, 5.41) is 25.2. The average molecular weight is 712 g/mol. The van der Waals surface area contributed by atoms with Gasteiger partial charge in [0.15, 0.2) is 0 Å². The van der Waals surface area contributed by atoms with E-state index in [1.807, 2.05) is 41.5 Å². The summed E-state index contributed by atoms with van der Waals surface area (Å²) in [5.41, 5.74) is 1.68. The molecule has 0 spiro atoms. The maximum atomic E-state index is 13.7. The molecule has 2 saturated heterocycles. The monoisotopic (exact) mass is 711 g/mol. The van der Waals surface area contributed by atoms with Crippen molar-refractivity contribution in [2.75, 3.05) is 39.9 Å². The average Bonchev–Trinajstić information content (AvgIpc) is 3.85. The molecule has 1 aromatic heterocycles. The van der Waals surface area contributed by atoms with Gasteiger partial charge in [-0.15, -0.1) is 0 Å². The molecule has 4 atom stereocenters. The van der Waals surface area contributed by atoms with Crippen molar-refractivity contribution in [3.63, 3.8) is 0 Å². The summed E-state index contributed by atoms with van der Waals surface area (Å²) < 4.78 is 7.53. The quantitative estimate of drug-likeness (QED) is 0.193. The summed E-state index contributed by atoms with van der Waals surface area (Å²) in [6, 6.07) is 8.38. The predicted molar refractivity (Wildman–Crippen MR) is 198 cm³/mol. The number of fused-ring (bicyclic) bond motifs is 1. The smallest absolute Gasteiger partial charge is 0.315 e. The third-order valence-electron chi connectivity index (χ3n) is 9.47. The number of amides is 4. The molecule has 1 aliphatic carbocycles. The first-order valence-electron chi connectivity index (χ1n) is 18.5. The first kappa shape index (κ1) is 40.1. The molecule has 0 unspecified atom stereocenters. The molecule has 51 heavy (non-hydrogen) atoms. The standard InChI is InChI=1S/C27H40N4O3.C11H21N3O3/c1-27(2,3)26(33)29-21-14-19(15-28-16-21)25(32)31(22-10-11-22)18-20-17-30(12-7-13-34-4)24-9-6-5-8-23(20)24;1-11(2,3)14-10(17)13-8-4-7(9(15)16)5-12-6-8/h5-6,8-9,17,19,21-22,28H,7,10-16,18H2,1-4H3,(H,29,33);7-8,12H,4-6H2,1-3H3,(H,15,16)(H2,13,14,17)/t19-,21+;7-,8+/m11/s1. The third-order valence-corrected chi connectivity index (χ3v) is 9.47. The second-order valence-electron chi connectivity index (χ2n) is 16.4. The highest BCUT2D eigenvalue weighted by molar-refractivity contribution is 5.86. The number of nitrogens with zero attached hydrogens (tertiary/aromatic N) is 2. The van der Waals surface area contributed by atoms with Gasteiger partial charge >= 0.3 is 12.0 Å². The van der Waals surface area contributed by atoms with Gasteiger partial charge in [0, 0.05) is 99.2 Å². The van der Waals surface area contributed by atoms with Gasteiger partial charge in [0.1, 0.15) is 0 Å². The number of hydrogen-bond acceptors (Lipinski definition) is 7. The second-order valence-corrected chi connectivity index (χ2v) is 16.4. The molecule has 13 nitrogen and oxygen atoms in total. The topological polar surface area (TPSA) is 166 Å². The number of carbonyl (C=O) groups excluding carboxylic acids is 3. The molecule has 3 aliphatic rings. The zero-order valence-corrected chi connectivity index (χ0v) is 31.6. The fourth-order valence-corrected chi connectivity index (χ4v) is 6.65. The maximum Gasteiger partial charge on any atom is 0.315 e. The second kappa shape index (κ2) is 17.7. The Morgan fingerprint density at radius 1 is 0.922 bits per heavy atom. The predicted octanol–water partition coefficient (Wildman–Crippen LogP) is 3.46. The van der Waals surface area contributed by atoms with E-state index in [9.17, 15) is 19.2 Å². The van der Waals surface area contributed by atoms with Gasteiger partial charge in [0.25, 0.3) is 0 Å². The normalized spacial score (nSPS) is 22.3. The van der Waals surface area contributed by atoms with Gasteiger partial charge in [0.2, 0.25) is 11.8 Å². The Morgan fingerprint density at radius 2 is 1.55 bits per heavy atom. The minimum atomic E-state index is -0.819. The van der Waals surface area contributed by atoms with Gasteiger partial charge in [-0.3, -0.25) is 14.4 Å². The van der Waals surface area contributed by atoms with Crippen molar-refractivity contribution in [2.24, 2.45) is 17.3 Å². The van der Waals surface area contributed by atoms with Crippen LogP contribution in [0.5, 0.6) is 0 Å². The lowest BCUT2D eigenvalue weighted by Crippen LogP contribution is -2.55. The Balaban J connectivity index is 0.000000289. The van der Waals surface area contributed by atoms with Crippen LogP contribution in [0, 0.1) is 17.3 Å². The van der Waals surface area contributed by atoms with E-state index in [-0.39, 0.29) is 41.4 Å². The van der Waals surface area contributed by atoms with Gasteiger partial charge in [-0.2, -0.15) is 0 Å². The number of benzene rings is 1. The van der Waals surface area contributed by atoms with E-state index in [1.54, 1.807) is 7.11 Å². The molecule has 1 aromatic carbocycles. The van der Waals surface area contributed by atoms with Gasteiger partial charge in [-0.05, 0) is 64.5 Å². The Kier molecular flexibility index (Phi) is 13.9. The minimum absolute atomic E-state index is 0.0156. The lowest BCUT2D eigenvalue weighted by Gasteiger charge is -2.34. The number of aryl methyl sites for hydroxylation is 1. The molecule has 13 heteroatoms. The Morgan fingerprint density at radius 3 is 2.16 bits per heavy atom. The van der Waals surface area contributed by atoms with E-state index in [0.717, 1.165) is 32.4 Å². The van der Waals surface area contributed by atoms with Crippen molar-refractivity contribution in [2.45, 2.75) is 110 Å². The van der Waals surface area contributed by atoms with Crippen LogP contribution in [-0.4, -0.2) is 102 Å². The van der Waals surface area contributed by atoms with Crippen LogP contribution in [0.1, 0.15) is 79.2 Å². The van der Waals surface area contributed by atoms with Gasteiger partial charge in [-0.1, -0.05) is 39.0 Å². The van der Waals surface area contributed by atoms with Crippen LogP contribution in [0.3, 0.4) is 0 Å². The molecular formula is C38H61N7O6. The Labute approximate surface area is 303 Å². The molecule has 5 rings (SSSR count). The van der Waals surface area contributed by atoms with Crippen LogP contribution >= 0.6 is 0 Å². The molecule has 2 aromatic rings. The number of aliphatic carboxylic acids is 1. The number of nitrogens with one attached hydrogen (secondary N) is 5. The fraction of sp³-hybridized carbons (Fsp3) is 0.684. The SMILES string of the molecule is CC(C)(C)NC(=O)N[C@@H]1CNC[C@H](C(=O)O)C1.COCCCn1cc(CN(C(=O)[C@H]2CNC[C@@H](NC(=O)C(C)(C)C)C2)C2CC2)c2ccccc21. The summed E-state index contributed by atoms with van der Waals surface area (Å²) >= 11 is 0. The number of hydrogen-bond donors (Lipinski definition) is 6. The van der Waals surface area contributed by atoms with Gasteiger partial charge in [0.05, 0.1) is 11.8 Å². The number of para-hydroxylation sites is 1. The number of methoxy groups -OCH3 is 1. The molecule has 0 radical (unpaired) electrons. The summed E-state index contributed by atoms with van der Waals surface area (Å²) in [6.45, 7) is 16.2. The molecule has 6 N–H and O–H groups in total. The fourth-order valence-electron chi connectivity index (χ4n) is 6.65. The van der Waals surface area contributed by atoms with Crippen molar-refractivity contribution in [3.8, 4) is 0 Å². The van der Waals surface area contributed by atoms with E-state index in [0.29, 0.717) is 51.6 Å². The third kappa shape index (κ3) is 12.2. The Bertz CT molecular complexity index is 1490. The largest absolute Gasteiger partial charge is 0.481 e. The van der Waals surface area contributed by atoms with Crippen molar-refractivity contribution < 1.29 is 29.0 Å². The molecule has 0 bridgehead atoms. The molecule has 3 heterocycles. The molecule has 284 valence electrons. The summed E-state index contributed by atoms with van der Waals surface area (Å²) in [4.78, 5) is 50.7. The van der Waals surface area contributed by atoms with E-state index in [4.69, 9.17) is 9.84 Å². The van der Waals surface area contributed by atoms with E-state index in [1.165, 1.54) is 16.5 Å². The first-order chi connectivity index (χ1) is 24.1. The maximum absolute atomic E-state index is 13.7. The summed E-state index contributed by atoms with van der Waals surface area (Å²) in [5.74, 6) is -1.12. The number of piperidine rings is 2. The Hall–Kier alpha value is -3.68. The van der Waals surface area contributed by atoms with Crippen molar-refractivity contribution in [3.05, 3.63) is 36.0 Å². The van der Waals surface area contributed by atoms with E-state index in [2.05, 4.69) is 66.5 Å². The summed E-state index contributed by atoms with van der Waals surface area (Å²) in [7, 11) is 1.73. The zero-order chi connectivity index (χ0) is 37.3. The van der Waals surface area contributed by atoms with Crippen molar-refractivity contribution in [1.29, 1.82) is 0 Å². The van der Waals surface area contributed by atoms with Crippen molar-refractivity contribution >= 4 is 34.7 Å². The van der Waals surface area contributed by atoms with Crippen LogP contribution in [0.4, 0.5) is 4.79 Å². The first-order valence-corrected chi connectivity index (χ1v) is 18.5. The number of urea groups is 1. The van der Waals surface area contributed by atoms with E-state index >= 15 is 0 Å².